The van der Waals surface area contributed by atoms with Crippen LogP contribution < -0.4 is 0 Å². The van der Waals surface area contributed by atoms with Gasteiger partial charge in [0.15, 0.2) is 0 Å². The molecule has 0 aliphatic rings. The predicted octanol–water partition coefficient (Wildman–Crippen LogP) is 4.16. The molecule has 96 valence electrons. The highest BCUT2D eigenvalue weighted by Crippen LogP contribution is 2.18. The van der Waals surface area contributed by atoms with Crippen molar-refractivity contribution >= 4 is 0 Å². The van der Waals surface area contributed by atoms with E-state index in [1.807, 2.05) is 18.2 Å². The van der Waals surface area contributed by atoms with Crippen molar-refractivity contribution in [3.8, 4) is 0 Å². The number of H-pyrrole nitrogens is 1. The van der Waals surface area contributed by atoms with E-state index in [1.165, 1.54) is 22.5 Å². The van der Waals surface area contributed by atoms with Crippen molar-refractivity contribution in [1.29, 1.82) is 0 Å². The highest BCUT2D eigenvalue weighted by molar-refractivity contribution is 5.25. The Morgan fingerprint density at radius 3 is 2.44 bits per heavy atom. The summed E-state index contributed by atoms with van der Waals surface area (Å²) in [4.78, 5) is 3.44. The van der Waals surface area contributed by atoms with Gasteiger partial charge in [-0.15, -0.1) is 0 Å². The summed E-state index contributed by atoms with van der Waals surface area (Å²) in [5.74, 6) is 0.534. The van der Waals surface area contributed by atoms with Crippen LogP contribution in [0.2, 0.25) is 0 Å². The number of rotatable bonds is 5. The molecule has 18 heavy (non-hydrogen) atoms. The summed E-state index contributed by atoms with van der Waals surface area (Å²) < 4.78 is 5.75. The molecule has 2 aromatic rings. The van der Waals surface area contributed by atoms with Crippen molar-refractivity contribution in [1.82, 2.24) is 4.98 Å². The van der Waals surface area contributed by atoms with Crippen LogP contribution in [0.4, 0.5) is 0 Å². The maximum atomic E-state index is 5.75. The van der Waals surface area contributed by atoms with Crippen LogP contribution in [0.1, 0.15) is 42.3 Å². The molecule has 2 heteroatoms. The van der Waals surface area contributed by atoms with Crippen molar-refractivity contribution in [3.63, 3.8) is 0 Å². The standard InChI is InChI=1S/C16H21NO/c1-12(2)15-9-13(3)16(17-15)11-18-10-14-7-5-4-6-8-14/h4-9,12,17H,10-11H2,1-3H3. The van der Waals surface area contributed by atoms with E-state index in [2.05, 4.69) is 44.0 Å². The SMILES string of the molecule is Cc1cc(C(C)C)[nH]c1COCc1ccccc1. The maximum Gasteiger partial charge on any atom is 0.0873 e. The van der Waals surface area contributed by atoms with Gasteiger partial charge in [-0.05, 0) is 30.0 Å². The third-order valence-corrected chi connectivity index (χ3v) is 3.12. The molecule has 2 nitrogen and oxygen atoms in total. The quantitative estimate of drug-likeness (QED) is 0.838. The van der Waals surface area contributed by atoms with Crippen molar-refractivity contribution in [3.05, 3.63) is 58.9 Å². The topological polar surface area (TPSA) is 25.0 Å². The molecule has 0 aliphatic carbocycles. The molecule has 1 aromatic carbocycles. The van der Waals surface area contributed by atoms with Gasteiger partial charge in [-0.2, -0.15) is 0 Å². The molecule has 0 fully saturated rings. The minimum atomic E-state index is 0.534. The largest absolute Gasteiger partial charge is 0.371 e. The Labute approximate surface area is 109 Å². The molecule has 0 atom stereocenters. The van der Waals surface area contributed by atoms with Crippen molar-refractivity contribution in [2.75, 3.05) is 0 Å². The Morgan fingerprint density at radius 1 is 1.11 bits per heavy atom. The Morgan fingerprint density at radius 2 is 1.83 bits per heavy atom. The monoisotopic (exact) mass is 243 g/mol. The number of nitrogens with one attached hydrogen (secondary N) is 1. The Bertz CT molecular complexity index is 485. The van der Waals surface area contributed by atoms with E-state index in [0.717, 1.165) is 0 Å². The second kappa shape index (κ2) is 5.87. The Kier molecular flexibility index (Phi) is 4.21. The lowest BCUT2D eigenvalue weighted by Crippen LogP contribution is -1.96. The first-order chi connectivity index (χ1) is 8.66. The van der Waals surface area contributed by atoms with Crippen LogP contribution in [0.3, 0.4) is 0 Å². The van der Waals surface area contributed by atoms with Crippen molar-refractivity contribution in [2.24, 2.45) is 0 Å². The molecule has 0 spiro atoms. The van der Waals surface area contributed by atoms with E-state index in [9.17, 15) is 0 Å². The first-order valence-electron chi connectivity index (χ1n) is 6.47. The summed E-state index contributed by atoms with van der Waals surface area (Å²) in [6.07, 6.45) is 0. The van der Waals surface area contributed by atoms with E-state index >= 15 is 0 Å². The van der Waals surface area contributed by atoms with Gasteiger partial charge in [-0.1, -0.05) is 44.2 Å². The zero-order valence-corrected chi connectivity index (χ0v) is 11.4. The molecule has 1 aromatic heterocycles. The van der Waals surface area contributed by atoms with Gasteiger partial charge in [-0.3, -0.25) is 0 Å². The molecular weight excluding hydrogens is 222 g/mol. The molecule has 1 N–H and O–H groups in total. The molecule has 1 heterocycles. The number of hydrogen-bond donors (Lipinski definition) is 1. The summed E-state index contributed by atoms with van der Waals surface area (Å²) in [6.45, 7) is 7.83. The van der Waals surface area contributed by atoms with Gasteiger partial charge in [0.2, 0.25) is 0 Å². The van der Waals surface area contributed by atoms with Crippen LogP contribution in [0.15, 0.2) is 36.4 Å². The summed E-state index contributed by atoms with van der Waals surface area (Å²) in [5.41, 5.74) is 4.97. The number of aromatic nitrogens is 1. The molecular formula is C16H21NO. The van der Waals surface area contributed by atoms with Crippen LogP contribution in [-0.2, 0) is 18.0 Å². The third-order valence-electron chi connectivity index (χ3n) is 3.12. The lowest BCUT2D eigenvalue weighted by molar-refractivity contribution is 0.104. The van der Waals surface area contributed by atoms with Crippen LogP contribution in [0, 0.1) is 6.92 Å². The first kappa shape index (κ1) is 12.9. The average molecular weight is 243 g/mol. The molecule has 0 aliphatic heterocycles. The smallest absolute Gasteiger partial charge is 0.0873 e. The van der Waals surface area contributed by atoms with E-state index in [1.54, 1.807) is 0 Å². The minimum Gasteiger partial charge on any atom is -0.371 e. The zero-order valence-electron chi connectivity index (χ0n) is 11.4. The summed E-state index contributed by atoms with van der Waals surface area (Å²) in [6, 6.07) is 12.5. The lowest BCUT2D eigenvalue weighted by Gasteiger charge is -2.04. The molecule has 0 radical (unpaired) electrons. The zero-order chi connectivity index (χ0) is 13.0. The van der Waals surface area contributed by atoms with E-state index < -0.39 is 0 Å². The normalized spacial score (nSPS) is 11.1. The molecule has 0 saturated heterocycles. The van der Waals surface area contributed by atoms with Gasteiger partial charge in [0.25, 0.3) is 0 Å². The van der Waals surface area contributed by atoms with Gasteiger partial charge in [0.05, 0.1) is 13.2 Å². The van der Waals surface area contributed by atoms with Crippen LogP contribution >= 0.6 is 0 Å². The summed E-state index contributed by atoms with van der Waals surface area (Å²) in [5, 5.41) is 0. The average Bonchev–Trinajstić information content (AvgIpc) is 2.73. The predicted molar refractivity (Wildman–Crippen MR) is 74.6 cm³/mol. The van der Waals surface area contributed by atoms with Crippen LogP contribution in [0.25, 0.3) is 0 Å². The molecule has 0 unspecified atom stereocenters. The third kappa shape index (κ3) is 3.23. The fourth-order valence-corrected chi connectivity index (χ4v) is 1.94. The lowest BCUT2D eigenvalue weighted by atomic mass is 10.1. The van der Waals surface area contributed by atoms with Gasteiger partial charge in [0.1, 0.15) is 0 Å². The molecule has 2 rings (SSSR count). The fraction of sp³-hybridized carbons (Fsp3) is 0.375. The van der Waals surface area contributed by atoms with Crippen molar-refractivity contribution < 1.29 is 4.74 Å². The second-order valence-corrected chi connectivity index (χ2v) is 5.02. The fourth-order valence-electron chi connectivity index (χ4n) is 1.94. The minimum absolute atomic E-state index is 0.534. The van der Waals surface area contributed by atoms with Gasteiger partial charge in [0, 0.05) is 11.4 Å². The highest BCUT2D eigenvalue weighted by Gasteiger charge is 2.07. The summed E-state index contributed by atoms with van der Waals surface area (Å²) >= 11 is 0. The van der Waals surface area contributed by atoms with E-state index in [4.69, 9.17) is 4.74 Å². The number of aryl methyl sites for hydroxylation is 1. The number of hydrogen-bond acceptors (Lipinski definition) is 1. The number of benzene rings is 1. The molecule has 0 saturated carbocycles. The highest BCUT2D eigenvalue weighted by atomic mass is 16.5. The van der Waals surface area contributed by atoms with Crippen LogP contribution in [-0.4, -0.2) is 4.98 Å². The van der Waals surface area contributed by atoms with Crippen LogP contribution in [0.5, 0.6) is 0 Å². The maximum absolute atomic E-state index is 5.75. The summed E-state index contributed by atoms with van der Waals surface area (Å²) in [7, 11) is 0. The molecule has 0 bridgehead atoms. The number of ether oxygens (including phenoxy) is 1. The second-order valence-electron chi connectivity index (χ2n) is 5.02. The Hall–Kier alpha value is -1.54. The first-order valence-corrected chi connectivity index (χ1v) is 6.47. The number of aromatic amines is 1. The Balaban J connectivity index is 1.90. The van der Waals surface area contributed by atoms with Gasteiger partial charge in [-0.25, -0.2) is 0 Å². The van der Waals surface area contributed by atoms with Gasteiger partial charge < -0.3 is 9.72 Å². The molecule has 0 amide bonds. The van der Waals surface area contributed by atoms with Crippen molar-refractivity contribution in [2.45, 2.75) is 39.9 Å². The van der Waals surface area contributed by atoms with E-state index in [-0.39, 0.29) is 0 Å². The van der Waals surface area contributed by atoms with Gasteiger partial charge >= 0.3 is 0 Å². The van der Waals surface area contributed by atoms with E-state index in [0.29, 0.717) is 19.1 Å².